The first-order chi connectivity index (χ1) is 8.79. The van der Waals surface area contributed by atoms with Crippen LogP contribution in [0.15, 0.2) is 41.3 Å². The third-order valence-corrected chi connectivity index (χ3v) is 4.10. The van der Waals surface area contributed by atoms with Crippen molar-refractivity contribution in [2.24, 2.45) is 0 Å². The molecule has 0 saturated carbocycles. The maximum absolute atomic E-state index is 13.4. The number of sulfone groups is 1. The summed E-state index contributed by atoms with van der Waals surface area (Å²) in [4.78, 5) is 0.128. The zero-order valence-electron chi connectivity index (χ0n) is 10.0. The molecule has 6 heteroatoms. The van der Waals surface area contributed by atoms with Crippen molar-refractivity contribution in [1.82, 2.24) is 0 Å². The Hall–Kier alpha value is -1.59. The average molecular weight is 300 g/mol. The molecule has 0 aromatic heterocycles. The summed E-state index contributed by atoms with van der Waals surface area (Å²) in [5.41, 5.74) is 7.19. The van der Waals surface area contributed by atoms with Gasteiger partial charge in [0.1, 0.15) is 5.82 Å². The highest BCUT2D eigenvalue weighted by Crippen LogP contribution is 2.30. The van der Waals surface area contributed by atoms with Crippen LogP contribution in [-0.2, 0) is 9.84 Å². The molecule has 0 aliphatic carbocycles. The summed E-state index contributed by atoms with van der Waals surface area (Å²) in [6.07, 6.45) is 1.10. The van der Waals surface area contributed by atoms with Crippen LogP contribution in [0.5, 0.6) is 0 Å². The van der Waals surface area contributed by atoms with Crippen LogP contribution in [0.2, 0.25) is 5.02 Å². The van der Waals surface area contributed by atoms with Crippen LogP contribution >= 0.6 is 11.6 Å². The van der Waals surface area contributed by atoms with Crippen LogP contribution in [-0.4, -0.2) is 14.7 Å². The van der Waals surface area contributed by atoms with E-state index in [1.54, 1.807) is 12.1 Å². The molecule has 0 atom stereocenters. The van der Waals surface area contributed by atoms with Crippen molar-refractivity contribution in [1.29, 1.82) is 0 Å². The fourth-order valence-electron chi connectivity index (χ4n) is 1.70. The number of hydrogen-bond donors (Lipinski definition) is 1. The molecular formula is C13H11ClFNO2S. The molecule has 100 valence electrons. The van der Waals surface area contributed by atoms with Gasteiger partial charge in [-0.3, -0.25) is 0 Å². The van der Waals surface area contributed by atoms with Crippen molar-refractivity contribution in [3.05, 3.63) is 47.2 Å². The monoisotopic (exact) mass is 299 g/mol. The minimum absolute atomic E-state index is 0.0232. The van der Waals surface area contributed by atoms with Gasteiger partial charge in [-0.1, -0.05) is 23.7 Å². The van der Waals surface area contributed by atoms with Crippen molar-refractivity contribution in [3.63, 3.8) is 0 Å². The normalized spacial score (nSPS) is 11.5. The second-order valence-corrected chi connectivity index (χ2v) is 6.57. The summed E-state index contributed by atoms with van der Waals surface area (Å²) in [5.74, 6) is -0.550. The number of benzene rings is 2. The number of anilines is 1. The molecule has 0 radical (unpaired) electrons. The van der Waals surface area contributed by atoms with Crippen LogP contribution in [0.4, 0.5) is 10.1 Å². The van der Waals surface area contributed by atoms with E-state index in [1.807, 2.05) is 0 Å². The first kappa shape index (κ1) is 13.8. The maximum Gasteiger partial charge on any atom is 0.175 e. The Morgan fingerprint density at radius 2 is 1.84 bits per heavy atom. The Labute approximate surface area is 115 Å². The number of hydrogen-bond acceptors (Lipinski definition) is 3. The van der Waals surface area contributed by atoms with E-state index in [2.05, 4.69) is 0 Å². The lowest BCUT2D eigenvalue weighted by Crippen LogP contribution is -1.99. The molecule has 0 saturated heterocycles. The third kappa shape index (κ3) is 2.88. The van der Waals surface area contributed by atoms with E-state index in [1.165, 1.54) is 24.3 Å². The molecule has 0 spiro atoms. The first-order valence-corrected chi connectivity index (χ1v) is 7.61. The topological polar surface area (TPSA) is 60.2 Å². The van der Waals surface area contributed by atoms with Gasteiger partial charge in [-0.15, -0.1) is 0 Å². The molecule has 0 heterocycles. The van der Waals surface area contributed by atoms with Gasteiger partial charge in [-0.2, -0.15) is 0 Å². The smallest absolute Gasteiger partial charge is 0.175 e. The zero-order valence-corrected chi connectivity index (χ0v) is 11.6. The summed E-state index contributed by atoms with van der Waals surface area (Å²) in [6, 6.07) is 8.65. The molecule has 2 aromatic carbocycles. The summed E-state index contributed by atoms with van der Waals surface area (Å²) in [6.45, 7) is 0. The molecule has 0 unspecified atom stereocenters. The maximum atomic E-state index is 13.4. The van der Waals surface area contributed by atoms with Gasteiger partial charge < -0.3 is 5.73 Å². The van der Waals surface area contributed by atoms with Crippen LogP contribution in [0.3, 0.4) is 0 Å². The summed E-state index contributed by atoms with van der Waals surface area (Å²) in [5, 5.41) is 0.0232. The van der Waals surface area contributed by atoms with E-state index in [4.69, 9.17) is 17.3 Å². The van der Waals surface area contributed by atoms with Crippen LogP contribution in [0.1, 0.15) is 0 Å². The lowest BCUT2D eigenvalue weighted by atomic mass is 10.0. The van der Waals surface area contributed by atoms with E-state index in [9.17, 15) is 12.8 Å². The Bertz CT molecular complexity index is 744. The number of rotatable bonds is 2. The van der Waals surface area contributed by atoms with Crippen molar-refractivity contribution in [2.75, 3.05) is 12.0 Å². The molecule has 2 rings (SSSR count). The Morgan fingerprint density at radius 3 is 2.37 bits per heavy atom. The lowest BCUT2D eigenvalue weighted by molar-refractivity contribution is 0.602. The van der Waals surface area contributed by atoms with Gasteiger partial charge in [-0.25, -0.2) is 12.8 Å². The van der Waals surface area contributed by atoms with Gasteiger partial charge in [0.05, 0.1) is 9.92 Å². The molecular weight excluding hydrogens is 289 g/mol. The van der Waals surface area contributed by atoms with E-state index in [0.29, 0.717) is 11.1 Å². The summed E-state index contributed by atoms with van der Waals surface area (Å²) >= 11 is 5.61. The fourth-order valence-corrected chi connectivity index (χ4v) is 2.47. The van der Waals surface area contributed by atoms with E-state index >= 15 is 0 Å². The number of nitrogen functional groups attached to an aromatic ring is 1. The molecule has 2 N–H and O–H groups in total. The highest BCUT2D eigenvalue weighted by atomic mass is 35.5. The van der Waals surface area contributed by atoms with E-state index in [0.717, 1.165) is 6.26 Å². The third-order valence-electron chi connectivity index (χ3n) is 2.68. The zero-order chi connectivity index (χ0) is 14.2. The fraction of sp³-hybridized carbons (Fsp3) is 0.0769. The highest BCUT2D eigenvalue weighted by Gasteiger charge is 2.11. The van der Waals surface area contributed by atoms with E-state index in [-0.39, 0.29) is 15.6 Å². The number of nitrogens with two attached hydrogens (primary N) is 1. The quantitative estimate of drug-likeness (QED) is 0.867. The van der Waals surface area contributed by atoms with Gasteiger partial charge in [0.15, 0.2) is 9.84 Å². The molecule has 0 aliphatic rings. The van der Waals surface area contributed by atoms with Gasteiger partial charge in [-0.05, 0) is 29.8 Å². The van der Waals surface area contributed by atoms with Crippen molar-refractivity contribution in [3.8, 4) is 11.1 Å². The Morgan fingerprint density at radius 1 is 1.16 bits per heavy atom. The van der Waals surface area contributed by atoms with Crippen LogP contribution in [0.25, 0.3) is 11.1 Å². The first-order valence-electron chi connectivity index (χ1n) is 5.34. The average Bonchev–Trinajstić information content (AvgIpc) is 2.31. The van der Waals surface area contributed by atoms with Gasteiger partial charge in [0.25, 0.3) is 0 Å². The second kappa shape index (κ2) is 4.83. The number of halogens is 2. The minimum Gasteiger partial charge on any atom is -0.398 e. The van der Waals surface area contributed by atoms with E-state index < -0.39 is 15.7 Å². The molecule has 0 fully saturated rings. The highest BCUT2D eigenvalue weighted by molar-refractivity contribution is 7.90. The predicted octanol–water partition coefficient (Wildman–Crippen LogP) is 3.13. The van der Waals surface area contributed by atoms with Crippen LogP contribution < -0.4 is 5.73 Å². The van der Waals surface area contributed by atoms with Gasteiger partial charge in [0.2, 0.25) is 0 Å². The molecule has 2 aromatic rings. The Kier molecular flexibility index (Phi) is 3.52. The standard InChI is InChI=1S/C13H11ClFNO2S/c1-19(17,18)9-3-4-10(13(16)7-9)8-2-5-11(14)12(15)6-8/h2-7H,16H2,1H3. The molecule has 0 bridgehead atoms. The molecule has 3 nitrogen and oxygen atoms in total. The van der Waals surface area contributed by atoms with Crippen molar-refractivity contribution in [2.45, 2.75) is 4.90 Å². The SMILES string of the molecule is CS(=O)(=O)c1ccc(-c2ccc(Cl)c(F)c2)c(N)c1. The molecule has 0 amide bonds. The second-order valence-electron chi connectivity index (χ2n) is 4.15. The Balaban J connectivity index is 2.55. The molecule has 0 aliphatic heterocycles. The predicted molar refractivity (Wildman–Crippen MR) is 74.4 cm³/mol. The van der Waals surface area contributed by atoms with Gasteiger partial charge in [0, 0.05) is 17.5 Å². The van der Waals surface area contributed by atoms with Crippen molar-refractivity contribution < 1.29 is 12.8 Å². The molecule has 19 heavy (non-hydrogen) atoms. The van der Waals surface area contributed by atoms with Gasteiger partial charge >= 0.3 is 0 Å². The summed E-state index contributed by atoms with van der Waals surface area (Å²) < 4.78 is 36.2. The van der Waals surface area contributed by atoms with Crippen LogP contribution in [0, 0.1) is 5.82 Å². The lowest BCUT2D eigenvalue weighted by Gasteiger charge is -2.08. The van der Waals surface area contributed by atoms with Crippen molar-refractivity contribution >= 4 is 27.1 Å². The minimum atomic E-state index is -3.31. The summed E-state index contributed by atoms with van der Waals surface area (Å²) in [7, 11) is -3.31. The largest absolute Gasteiger partial charge is 0.398 e.